The van der Waals surface area contributed by atoms with Crippen LogP contribution in [0.4, 0.5) is 11.4 Å². The Balaban J connectivity index is 0.000000385. The van der Waals surface area contributed by atoms with Crippen molar-refractivity contribution in [2.45, 2.75) is 23.8 Å². The van der Waals surface area contributed by atoms with Crippen molar-refractivity contribution in [3.8, 4) is 5.75 Å². The number of phenols is 1. The van der Waals surface area contributed by atoms with Gasteiger partial charge in [-0.25, -0.2) is 0 Å². The van der Waals surface area contributed by atoms with Gasteiger partial charge in [-0.15, -0.1) is 0 Å². The topological polar surface area (TPSA) is 275 Å². The summed E-state index contributed by atoms with van der Waals surface area (Å²) < 4.78 is 31.0. The van der Waals surface area contributed by atoms with Crippen LogP contribution in [0, 0.1) is 20.2 Å². The second-order valence-electron chi connectivity index (χ2n) is 6.58. The third-order valence-electron chi connectivity index (χ3n) is 4.29. The number of benzene rings is 2. The lowest BCUT2D eigenvalue weighted by molar-refractivity contribution is -0.393. The fourth-order valence-electron chi connectivity index (χ4n) is 2.55. The highest BCUT2D eigenvalue weighted by atomic mass is 32.2. The number of hydrogen-bond donors (Lipinski definition) is 6. The van der Waals surface area contributed by atoms with Crippen LogP contribution in [0.1, 0.15) is 12.8 Å². The lowest BCUT2D eigenvalue weighted by atomic mass is 10.1. The van der Waals surface area contributed by atoms with E-state index in [2.05, 4.69) is 10.3 Å². The van der Waals surface area contributed by atoms with E-state index >= 15 is 0 Å². The number of carboxylic acids is 1. The van der Waals surface area contributed by atoms with Gasteiger partial charge < -0.3 is 27.0 Å². The molecule has 2 aromatic rings. The summed E-state index contributed by atoms with van der Waals surface area (Å²) in [5.74, 6) is -1.55. The van der Waals surface area contributed by atoms with Crippen molar-refractivity contribution in [1.82, 2.24) is 5.32 Å². The van der Waals surface area contributed by atoms with E-state index in [0.29, 0.717) is 31.4 Å². The van der Waals surface area contributed by atoms with Gasteiger partial charge in [0.1, 0.15) is 6.04 Å². The summed E-state index contributed by atoms with van der Waals surface area (Å²) in [5.41, 5.74) is 9.01. The first-order valence-corrected chi connectivity index (χ1v) is 10.6. The lowest BCUT2D eigenvalue weighted by Crippen LogP contribution is -2.34. The van der Waals surface area contributed by atoms with E-state index in [4.69, 9.17) is 21.1 Å². The van der Waals surface area contributed by atoms with Gasteiger partial charge in [0.2, 0.25) is 5.75 Å². The fourth-order valence-corrected chi connectivity index (χ4v) is 3.05. The summed E-state index contributed by atoms with van der Waals surface area (Å²) in [6.45, 7) is 0.587. The van der Waals surface area contributed by atoms with E-state index < -0.39 is 59.4 Å². The van der Waals surface area contributed by atoms with Crippen molar-refractivity contribution in [1.29, 1.82) is 0 Å². The summed E-state index contributed by atoms with van der Waals surface area (Å²) in [6, 6.07) is 2.36. The van der Waals surface area contributed by atoms with Gasteiger partial charge in [0, 0.05) is 19.0 Å². The molecule has 0 aliphatic rings. The number of non-ortho nitro benzene ring substituents is 1. The van der Waals surface area contributed by atoms with Crippen LogP contribution in [0.25, 0.3) is 10.8 Å². The molecule has 0 amide bonds. The maximum atomic E-state index is 11.0. The molecule has 2 rings (SSSR count). The van der Waals surface area contributed by atoms with Gasteiger partial charge in [-0.05, 0) is 31.0 Å². The maximum absolute atomic E-state index is 11.0. The molecule has 0 saturated heterocycles. The number of fused-ring (bicyclic) bond motifs is 1. The highest BCUT2D eigenvalue weighted by molar-refractivity contribution is 7.85. The Labute approximate surface area is 191 Å². The number of nitrogens with one attached hydrogen (secondary N) is 1. The summed E-state index contributed by atoms with van der Waals surface area (Å²) in [7, 11) is -3.05. The van der Waals surface area contributed by atoms with Crippen molar-refractivity contribution >= 4 is 44.2 Å². The minimum absolute atomic E-state index is 0.199. The van der Waals surface area contributed by atoms with Gasteiger partial charge in [-0.3, -0.25) is 34.6 Å². The molecule has 0 radical (unpaired) electrons. The number of carbonyl (C=O) groups is 1. The molecular formula is C17H22N6O10S. The monoisotopic (exact) mass is 502 g/mol. The number of carboxylic acid groups (broad SMARTS) is 1. The van der Waals surface area contributed by atoms with Crippen molar-refractivity contribution in [2.24, 2.45) is 16.5 Å². The molecule has 1 atom stereocenters. The maximum Gasteiger partial charge on any atom is 0.320 e. The zero-order valence-electron chi connectivity index (χ0n) is 17.6. The first-order chi connectivity index (χ1) is 15.7. The number of guanidine groups is 1. The normalized spacial score (nSPS) is 12.4. The zero-order valence-corrected chi connectivity index (χ0v) is 18.4. The molecular weight excluding hydrogens is 480 g/mol. The molecule has 0 unspecified atom stereocenters. The summed E-state index contributed by atoms with van der Waals surface area (Å²) in [6.07, 6.45) is 1.09. The molecule has 0 aromatic heterocycles. The smallest absolute Gasteiger partial charge is 0.320 e. The molecule has 2 aromatic carbocycles. The molecule has 0 spiro atoms. The Morgan fingerprint density at radius 2 is 1.76 bits per heavy atom. The van der Waals surface area contributed by atoms with Gasteiger partial charge in [0.25, 0.3) is 15.8 Å². The van der Waals surface area contributed by atoms with Crippen molar-refractivity contribution in [3.05, 3.63) is 44.5 Å². The molecule has 0 aliphatic carbocycles. The van der Waals surface area contributed by atoms with Gasteiger partial charge in [-0.1, -0.05) is 0 Å². The average Bonchev–Trinajstić information content (AvgIpc) is 2.75. The van der Waals surface area contributed by atoms with Crippen LogP contribution in [0.5, 0.6) is 5.75 Å². The number of nitrogens with two attached hydrogens (primary N) is 2. The number of nitrogens with zero attached hydrogens (tertiary/aromatic N) is 3. The number of phenolic OH excluding ortho intramolecular Hbond substituents is 1. The number of aliphatic imine (C=N–C) groups is 1. The largest absolute Gasteiger partial charge is 0.502 e. The van der Waals surface area contributed by atoms with E-state index in [1.165, 1.54) is 0 Å². The first kappa shape index (κ1) is 27.9. The second kappa shape index (κ2) is 11.7. The number of aromatic hydroxyl groups is 1. The first-order valence-electron chi connectivity index (χ1n) is 9.21. The highest BCUT2D eigenvalue weighted by Gasteiger charge is 2.26. The quantitative estimate of drug-likeness (QED) is 0.0709. The summed E-state index contributed by atoms with van der Waals surface area (Å²) >= 11 is 0. The average molecular weight is 502 g/mol. The number of rotatable bonds is 8. The molecule has 0 fully saturated rings. The van der Waals surface area contributed by atoms with E-state index in [1.807, 2.05) is 0 Å². The van der Waals surface area contributed by atoms with Gasteiger partial charge in [0.05, 0.1) is 26.2 Å². The van der Waals surface area contributed by atoms with Gasteiger partial charge in [-0.2, -0.15) is 8.42 Å². The second-order valence-corrected chi connectivity index (χ2v) is 8.00. The van der Waals surface area contributed by atoms with Gasteiger partial charge >= 0.3 is 11.7 Å². The van der Waals surface area contributed by atoms with E-state index in [0.717, 1.165) is 18.2 Å². The minimum atomic E-state index is -4.63. The number of hydrogen-bond acceptors (Lipinski definition) is 10. The Hall–Kier alpha value is -4.09. The van der Waals surface area contributed by atoms with Crippen molar-refractivity contribution < 1.29 is 37.8 Å². The van der Waals surface area contributed by atoms with Crippen LogP contribution in [0.2, 0.25) is 0 Å². The molecule has 8 N–H and O–H groups in total. The van der Waals surface area contributed by atoms with Crippen molar-refractivity contribution in [2.75, 3.05) is 13.6 Å². The van der Waals surface area contributed by atoms with E-state index in [9.17, 15) is 38.5 Å². The van der Waals surface area contributed by atoms with E-state index in [1.54, 1.807) is 7.05 Å². The third-order valence-corrected chi connectivity index (χ3v) is 5.14. The molecule has 0 bridgehead atoms. The van der Waals surface area contributed by atoms with Crippen LogP contribution < -0.4 is 16.8 Å². The Bertz CT molecular complexity index is 1230. The molecule has 34 heavy (non-hydrogen) atoms. The van der Waals surface area contributed by atoms with Crippen LogP contribution in [-0.2, 0) is 14.9 Å². The molecule has 186 valence electrons. The van der Waals surface area contributed by atoms with Crippen LogP contribution in [0.3, 0.4) is 0 Å². The molecule has 0 saturated carbocycles. The predicted octanol–water partition coefficient (Wildman–Crippen LogP) is 0.321. The Kier molecular flexibility index (Phi) is 9.60. The highest BCUT2D eigenvalue weighted by Crippen LogP contribution is 2.40. The Morgan fingerprint density at radius 1 is 1.18 bits per heavy atom. The Morgan fingerprint density at radius 3 is 2.24 bits per heavy atom. The third kappa shape index (κ3) is 7.50. The molecule has 17 heteroatoms. The van der Waals surface area contributed by atoms with E-state index in [-0.39, 0.29) is 5.39 Å². The number of nitro benzene ring substituents is 2. The minimum Gasteiger partial charge on any atom is -0.502 e. The number of nitro groups is 2. The van der Waals surface area contributed by atoms with Crippen molar-refractivity contribution in [3.63, 3.8) is 0 Å². The van der Waals surface area contributed by atoms with Crippen LogP contribution in [0.15, 0.2) is 34.2 Å². The predicted molar refractivity (Wildman–Crippen MR) is 119 cm³/mol. The molecule has 0 aliphatic heterocycles. The SMILES string of the molecule is CN=C(N)NCCC[C@@H](N)C(=O)O.O=[N+]([O-])c1cc([N+](=O)[O-])c2ccc(S(=O)(=O)O)cc2c1O. The molecule has 16 nitrogen and oxygen atoms in total. The molecule has 0 heterocycles. The summed E-state index contributed by atoms with van der Waals surface area (Å²) in [4.78, 5) is 33.1. The van der Waals surface area contributed by atoms with Crippen LogP contribution in [-0.4, -0.2) is 64.6 Å². The lowest BCUT2D eigenvalue weighted by Gasteiger charge is -2.07. The fraction of sp³-hybridized carbons (Fsp3) is 0.294. The van der Waals surface area contributed by atoms with Gasteiger partial charge in [0.15, 0.2) is 5.96 Å². The zero-order chi connectivity index (χ0) is 26.2. The van der Waals surface area contributed by atoms with Crippen LogP contribution >= 0.6 is 0 Å². The standard InChI is InChI=1S/C10H6N2O8S.C7H16N4O2/c13-10-7-3-5(21(18,19)20)1-2-6(7)8(11(14)15)4-9(10)12(16)17;1-10-7(9)11-4-2-3-5(8)6(12)13/h1-4,13H,(H,18,19,20);5H,2-4,8H2,1H3,(H,12,13)(H3,9,10,11)/t;5-/m.1/s1. The number of aliphatic carboxylic acids is 1. The summed E-state index contributed by atoms with van der Waals surface area (Å²) in [5, 5.41) is 42.1.